The average molecular weight is 144 g/mol. The van der Waals surface area contributed by atoms with E-state index in [1.54, 1.807) is 14.2 Å². The SMILES string of the molecule is CO[Si](CCC#N)OC. The molecule has 0 rings (SSSR count). The molecule has 0 aromatic heterocycles. The molecule has 0 heterocycles. The summed E-state index contributed by atoms with van der Waals surface area (Å²) in [5, 5.41) is 8.16. The topological polar surface area (TPSA) is 42.2 Å². The highest BCUT2D eigenvalue weighted by Gasteiger charge is 2.09. The van der Waals surface area contributed by atoms with E-state index in [-0.39, 0.29) is 0 Å². The zero-order valence-electron chi connectivity index (χ0n) is 5.68. The van der Waals surface area contributed by atoms with Gasteiger partial charge in [0.25, 0.3) is 0 Å². The number of nitriles is 1. The molecular formula is C5H10NO2Si. The maximum absolute atomic E-state index is 8.16. The zero-order chi connectivity index (χ0) is 7.11. The van der Waals surface area contributed by atoms with Gasteiger partial charge in [-0.1, -0.05) is 0 Å². The molecule has 0 bridgehead atoms. The Morgan fingerprint density at radius 1 is 1.44 bits per heavy atom. The van der Waals surface area contributed by atoms with E-state index in [4.69, 9.17) is 14.1 Å². The third-order valence-corrected chi connectivity index (χ3v) is 2.47. The molecule has 0 aliphatic rings. The fourth-order valence-electron chi connectivity index (χ4n) is 0.445. The normalized spacial score (nSPS) is 9.56. The van der Waals surface area contributed by atoms with E-state index in [9.17, 15) is 0 Å². The van der Waals surface area contributed by atoms with E-state index in [1.165, 1.54) is 0 Å². The van der Waals surface area contributed by atoms with E-state index >= 15 is 0 Å². The van der Waals surface area contributed by atoms with E-state index in [0.29, 0.717) is 6.42 Å². The molecule has 0 amide bonds. The summed E-state index contributed by atoms with van der Waals surface area (Å²) in [5.74, 6) is 0. The van der Waals surface area contributed by atoms with Gasteiger partial charge in [-0.15, -0.1) is 0 Å². The molecule has 0 spiro atoms. The van der Waals surface area contributed by atoms with Gasteiger partial charge < -0.3 is 8.85 Å². The Kier molecular flexibility index (Phi) is 5.52. The predicted octanol–water partition coefficient (Wildman–Crippen LogP) is 0.681. The van der Waals surface area contributed by atoms with Crippen LogP contribution in [-0.4, -0.2) is 23.5 Å². The lowest BCUT2D eigenvalue weighted by Crippen LogP contribution is -2.17. The van der Waals surface area contributed by atoms with Crippen LogP contribution in [0.15, 0.2) is 0 Å². The molecule has 0 aliphatic carbocycles. The molecule has 0 fully saturated rings. The Labute approximate surface area is 57.0 Å². The minimum absolute atomic E-state index is 0.524. The molecular weight excluding hydrogens is 134 g/mol. The first-order valence-electron chi connectivity index (χ1n) is 2.66. The Bertz CT molecular complexity index is 97.6. The minimum atomic E-state index is -1.11. The summed E-state index contributed by atoms with van der Waals surface area (Å²) >= 11 is 0. The third kappa shape index (κ3) is 4.15. The van der Waals surface area contributed by atoms with Crippen LogP contribution in [0, 0.1) is 11.3 Å². The Balaban J connectivity index is 3.22. The molecule has 0 saturated heterocycles. The lowest BCUT2D eigenvalue weighted by Gasteiger charge is -2.04. The first-order valence-corrected chi connectivity index (χ1v) is 4.18. The molecule has 9 heavy (non-hydrogen) atoms. The molecule has 0 aliphatic heterocycles. The lowest BCUT2D eigenvalue weighted by molar-refractivity contribution is 0.278. The van der Waals surface area contributed by atoms with Crippen LogP contribution >= 0.6 is 0 Å². The van der Waals surface area contributed by atoms with Gasteiger partial charge in [0.1, 0.15) is 0 Å². The van der Waals surface area contributed by atoms with Crippen molar-refractivity contribution >= 4 is 9.28 Å². The molecule has 0 aromatic carbocycles. The van der Waals surface area contributed by atoms with Crippen LogP contribution in [0.4, 0.5) is 0 Å². The van der Waals surface area contributed by atoms with Crippen molar-refractivity contribution in [2.24, 2.45) is 0 Å². The smallest absolute Gasteiger partial charge is 0.385 e. The Morgan fingerprint density at radius 2 is 2.00 bits per heavy atom. The second kappa shape index (κ2) is 5.76. The van der Waals surface area contributed by atoms with Crippen LogP contribution in [0.5, 0.6) is 0 Å². The summed E-state index contributed by atoms with van der Waals surface area (Å²) < 4.78 is 9.86. The van der Waals surface area contributed by atoms with Crippen molar-refractivity contribution in [1.82, 2.24) is 0 Å². The summed E-state index contributed by atoms with van der Waals surface area (Å²) in [6.07, 6.45) is 0.524. The highest BCUT2D eigenvalue weighted by molar-refractivity contribution is 6.44. The lowest BCUT2D eigenvalue weighted by atomic mass is 10.6. The van der Waals surface area contributed by atoms with E-state index in [0.717, 1.165) is 6.04 Å². The summed E-state index contributed by atoms with van der Waals surface area (Å²) in [6, 6.07) is 2.78. The van der Waals surface area contributed by atoms with Gasteiger partial charge in [0, 0.05) is 26.7 Å². The van der Waals surface area contributed by atoms with E-state index in [1.807, 2.05) is 6.07 Å². The van der Waals surface area contributed by atoms with Crippen LogP contribution < -0.4 is 0 Å². The van der Waals surface area contributed by atoms with Crippen molar-refractivity contribution in [3.8, 4) is 6.07 Å². The van der Waals surface area contributed by atoms with Crippen molar-refractivity contribution in [2.75, 3.05) is 14.2 Å². The van der Waals surface area contributed by atoms with Gasteiger partial charge in [-0.05, 0) is 0 Å². The summed E-state index contributed by atoms with van der Waals surface area (Å²) in [4.78, 5) is 0. The third-order valence-electron chi connectivity index (χ3n) is 0.896. The van der Waals surface area contributed by atoms with Crippen molar-refractivity contribution in [2.45, 2.75) is 12.5 Å². The van der Waals surface area contributed by atoms with E-state index in [2.05, 4.69) is 0 Å². The van der Waals surface area contributed by atoms with Gasteiger partial charge >= 0.3 is 9.28 Å². The van der Waals surface area contributed by atoms with Gasteiger partial charge in [-0.25, -0.2) is 0 Å². The van der Waals surface area contributed by atoms with E-state index < -0.39 is 9.28 Å². The highest BCUT2D eigenvalue weighted by atomic mass is 28.3. The average Bonchev–Trinajstić information content (AvgIpc) is 1.91. The number of hydrogen-bond donors (Lipinski definition) is 0. The van der Waals surface area contributed by atoms with Crippen LogP contribution in [0.3, 0.4) is 0 Å². The quantitative estimate of drug-likeness (QED) is 0.545. The van der Waals surface area contributed by atoms with Crippen molar-refractivity contribution in [1.29, 1.82) is 5.26 Å². The second-order valence-electron chi connectivity index (χ2n) is 1.44. The molecule has 0 N–H and O–H groups in total. The van der Waals surface area contributed by atoms with Crippen molar-refractivity contribution < 1.29 is 8.85 Å². The van der Waals surface area contributed by atoms with Gasteiger partial charge in [-0.2, -0.15) is 5.26 Å². The standard InChI is InChI=1S/C5H10NO2Si/c1-7-9(8-2)5-3-4-6/h3,5H2,1-2H3. The number of rotatable bonds is 4. The van der Waals surface area contributed by atoms with Crippen LogP contribution in [0.2, 0.25) is 6.04 Å². The van der Waals surface area contributed by atoms with Crippen LogP contribution in [-0.2, 0) is 8.85 Å². The summed E-state index contributed by atoms with van der Waals surface area (Å²) in [5.41, 5.74) is 0. The Hall–Kier alpha value is -0.373. The second-order valence-corrected chi connectivity index (χ2v) is 3.50. The van der Waals surface area contributed by atoms with Gasteiger partial charge in [-0.3, -0.25) is 0 Å². The fraction of sp³-hybridized carbons (Fsp3) is 0.800. The molecule has 0 saturated carbocycles. The summed E-state index contributed by atoms with van der Waals surface area (Å²) in [6.45, 7) is 0. The predicted molar refractivity (Wildman–Crippen MR) is 34.8 cm³/mol. The molecule has 4 heteroatoms. The molecule has 0 unspecified atom stereocenters. The first kappa shape index (κ1) is 8.63. The van der Waals surface area contributed by atoms with Gasteiger partial charge in [0.2, 0.25) is 0 Å². The first-order chi connectivity index (χ1) is 4.35. The minimum Gasteiger partial charge on any atom is -0.397 e. The molecule has 0 aromatic rings. The fourth-order valence-corrected chi connectivity index (χ4v) is 1.34. The number of nitrogens with zero attached hydrogens (tertiary/aromatic N) is 1. The van der Waals surface area contributed by atoms with Crippen molar-refractivity contribution in [3.63, 3.8) is 0 Å². The Morgan fingerprint density at radius 3 is 2.33 bits per heavy atom. The van der Waals surface area contributed by atoms with Crippen molar-refractivity contribution in [3.05, 3.63) is 0 Å². The largest absolute Gasteiger partial charge is 0.397 e. The molecule has 0 atom stereocenters. The molecule has 3 nitrogen and oxygen atoms in total. The zero-order valence-corrected chi connectivity index (χ0v) is 6.68. The maximum Gasteiger partial charge on any atom is 0.385 e. The molecule has 51 valence electrons. The molecule has 1 radical (unpaired) electrons. The highest BCUT2D eigenvalue weighted by Crippen LogP contribution is 1.96. The monoisotopic (exact) mass is 144 g/mol. The summed E-state index contributed by atoms with van der Waals surface area (Å²) in [7, 11) is 2.10. The van der Waals surface area contributed by atoms with Gasteiger partial charge in [0.05, 0.1) is 6.07 Å². The van der Waals surface area contributed by atoms with Gasteiger partial charge in [0.15, 0.2) is 0 Å². The van der Waals surface area contributed by atoms with Crippen LogP contribution in [0.25, 0.3) is 0 Å². The maximum atomic E-state index is 8.16. The van der Waals surface area contributed by atoms with Crippen LogP contribution in [0.1, 0.15) is 6.42 Å². The number of hydrogen-bond acceptors (Lipinski definition) is 3.